The highest BCUT2D eigenvalue weighted by molar-refractivity contribution is 6.05. The molecule has 0 unspecified atom stereocenters. The summed E-state index contributed by atoms with van der Waals surface area (Å²) in [5.41, 5.74) is 0.440. The van der Waals surface area contributed by atoms with Crippen LogP contribution in [-0.4, -0.2) is 50.8 Å². The molecule has 2 amide bonds. The lowest BCUT2D eigenvalue weighted by Gasteiger charge is -2.22. The second kappa shape index (κ2) is 6.02. The number of hydrogen-bond acceptors (Lipinski definition) is 4. The van der Waals surface area contributed by atoms with E-state index in [2.05, 4.69) is 22.6 Å². The van der Waals surface area contributed by atoms with Gasteiger partial charge in [0.2, 0.25) is 0 Å². The maximum atomic E-state index is 12.5. The van der Waals surface area contributed by atoms with Crippen molar-refractivity contribution in [3.63, 3.8) is 0 Å². The van der Waals surface area contributed by atoms with Crippen LogP contribution < -0.4 is 5.32 Å². The molecule has 0 bridgehead atoms. The van der Waals surface area contributed by atoms with Gasteiger partial charge in [-0.05, 0) is 20.3 Å². The number of aromatic nitrogens is 3. The van der Waals surface area contributed by atoms with E-state index in [-0.39, 0.29) is 29.2 Å². The number of nitrogens with one attached hydrogen (secondary N) is 1. The third-order valence-electron chi connectivity index (χ3n) is 3.43. The van der Waals surface area contributed by atoms with Crippen LogP contribution in [0.4, 0.5) is 0 Å². The SMILES string of the molecule is CCCCN(CC)C(=O)c1nnn2c1C(=O)N[C@@H](C)C2. The molecule has 1 N–H and O–H groups in total. The van der Waals surface area contributed by atoms with Gasteiger partial charge in [0, 0.05) is 19.1 Å². The van der Waals surface area contributed by atoms with Crippen molar-refractivity contribution in [3.05, 3.63) is 11.4 Å². The van der Waals surface area contributed by atoms with Gasteiger partial charge in [-0.15, -0.1) is 5.10 Å². The van der Waals surface area contributed by atoms with Crippen LogP contribution in [0.2, 0.25) is 0 Å². The topological polar surface area (TPSA) is 80.1 Å². The monoisotopic (exact) mass is 279 g/mol. The quantitative estimate of drug-likeness (QED) is 0.859. The van der Waals surface area contributed by atoms with Crippen LogP contribution >= 0.6 is 0 Å². The Labute approximate surface area is 118 Å². The molecular weight excluding hydrogens is 258 g/mol. The minimum absolute atomic E-state index is 0.00187. The van der Waals surface area contributed by atoms with Crippen LogP contribution in [0.25, 0.3) is 0 Å². The van der Waals surface area contributed by atoms with Gasteiger partial charge in [0.1, 0.15) is 0 Å². The van der Waals surface area contributed by atoms with Crippen LogP contribution in [0.15, 0.2) is 0 Å². The van der Waals surface area contributed by atoms with Crippen LogP contribution in [0, 0.1) is 0 Å². The summed E-state index contributed by atoms with van der Waals surface area (Å²) in [5.74, 6) is -0.490. The molecule has 1 aromatic heterocycles. The van der Waals surface area contributed by atoms with Crippen LogP contribution in [0.5, 0.6) is 0 Å². The van der Waals surface area contributed by atoms with E-state index in [4.69, 9.17) is 0 Å². The van der Waals surface area contributed by atoms with Crippen LogP contribution in [0.3, 0.4) is 0 Å². The molecule has 0 fully saturated rings. The molecule has 0 aliphatic carbocycles. The largest absolute Gasteiger partial charge is 0.346 e. The molecule has 1 aromatic rings. The molecule has 1 aliphatic heterocycles. The molecule has 7 heteroatoms. The van der Waals surface area contributed by atoms with Crippen molar-refractivity contribution in [1.29, 1.82) is 0 Å². The lowest BCUT2D eigenvalue weighted by Crippen LogP contribution is -2.44. The van der Waals surface area contributed by atoms with Gasteiger partial charge in [-0.2, -0.15) is 0 Å². The summed E-state index contributed by atoms with van der Waals surface area (Å²) in [6, 6.07) is 0.00187. The number of carbonyl (C=O) groups is 2. The number of carbonyl (C=O) groups excluding carboxylic acids is 2. The molecule has 2 heterocycles. The fourth-order valence-electron chi connectivity index (χ4n) is 2.31. The summed E-state index contributed by atoms with van der Waals surface area (Å²) in [6.45, 7) is 7.71. The van der Waals surface area contributed by atoms with Gasteiger partial charge in [0.05, 0.1) is 6.54 Å². The predicted molar refractivity (Wildman–Crippen MR) is 73.4 cm³/mol. The minimum atomic E-state index is -0.274. The first-order valence-corrected chi connectivity index (χ1v) is 7.12. The van der Waals surface area contributed by atoms with E-state index in [0.29, 0.717) is 19.6 Å². The molecular formula is C13H21N5O2. The molecule has 1 aliphatic rings. The molecule has 0 radical (unpaired) electrons. The van der Waals surface area contributed by atoms with Gasteiger partial charge in [0.25, 0.3) is 11.8 Å². The fourth-order valence-corrected chi connectivity index (χ4v) is 2.31. The third-order valence-corrected chi connectivity index (χ3v) is 3.43. The highest BCUT2D eigenvalue weighted by atomic mass is 16.2. The van der Waals surface area contributed by atoms with Gasteiger partial charge in [-0.1, -0.05) is 18.6 Å². The van der Waals surface area contributed by atoms with Crippen LogP contribution in [-0.2, 0) is 6.54 Å². The Morgan fingerprint density at radius 2 is 2.25 bits per heavy atom. The van der Waals surface area contributed by atoms with Crippen molar-refractivity contribution in [3.8, 4) is 0 Å². The normalized spacial score (nSPS) is 17.6. The first-order chi connectivity index (χ1) is 9.58. The van der Waals surface area contributed by atoms with Gasteiger partial charge in [-0.25, -0.2) is 4.68 Å². The van der Waals surface area contributed by atoms with E-state index in [1.54, 1.807) is 4.90 Å². The minimum Gasteiger partial charge on any atom is -0.346 e. The number of hydrogen-bond donors (Lipinski definition) is 1. The Bertz CT molecular complexity index is 511. The number of amides is 2. The van der Waals surface area contributed by atoms with Gasteiger partial charge in [0.15, 0.2) is 11.4 Å². The van der Waals surface area contributed by atoms with Gasteiger partial charge in [-0.3, -0.25) is 9.59 Å². The second-order valence-electron chi connectivity index (χ2n) is 5.08. The maximum Gasteiger partial charge on any atom is 0.276 e. The van der Waals surface area contributed by atoms with Crippen LogP contribution in [0.1, 0.15) is 54.6 Å². The Hall–Kier alpha value is -1.92. The maximum absolute atomic E-state index is 12.5. The van der Waals surface area contributed by atoms with Crippen molar-refractivity contribution < 1.29 is 9.59 Å². The lowest BCUT2D eigenvalue weighted by molar-refractivity contribution is 0.0746. The van der Waals surface area contributed by atoms with E-state index < -0.39 is 0 Å². The molecule has 110 valence electrons. The molecule has 0 spiro atoms. The van der Waals surface area contributed by atoms with Crippen molar-refractivity contribution in [2.45, 2.75) is 46.2 Å². The standard InChI is InChI=1S/C13H21N5O2/c1-4-6-7-17(5-2)13(20)10-11-12(19)14-9(3)8-18(11)16-15-10/h9H,4-8H2,1-3H3,(H,14,19)/t9-/m0/s1. The van der Waals surface area contributed by atoms with Crippen molar-refractivity contribution in [2.75, 3.05) is 13.1 Å². The van der Waals surface area contributed by atoms with E-state index in [0.717, 1.165) is 12.8 Å². The van der Waals surface area contributed by atoms with Gasteiger partial charge < -0.3 is 10.2 Å². The molecule has 0 saturated carbocycles. The summed E-state index contributed by atoms with van der Waals surface area (Å²) in [5, 5.41) is 10.7. The summed E-state index contributed by atoms with van der Waals surface area (Å²) in [4.78, 5) is 26.2. The fraction of sp³-hybridized carbons (Fsp3) is 0.692. The zero-order valence-electron chi connectivity index (χ0n) is 12.2. The van der Waals surface area contributed by atoms with Crippen molar-refractivity contribution in [2.24, 2.45) is 0 Å². The van der Waals surface area contributed by atoms with Crippen molar-refractivity contribution in [1.82, 2.24) is 25.2 Å². The molecule has 0 saturated heterocycles. The smallest absolute Gasteiger partial charge is 0.276 e. The summed E-state index contributed by atoms with van der Waals surface area (Å²) in [6.07, 6.45) is 1.95. The highest BCUT2D eigenvalue weighted by Gasteiger charge is 2.31. The average molecular weight is 279 g/mol. The van der Waals surface area contributed by atoms with Gasteiger partial charge >= 0.3 is 0 Å². The molecule has 0 aromatic carbocycles. The van der Waals surface area contributed by atoms with E-state index in [9.17, 15) is 9.59 Å². The second-order valence-corrected chi connectivity index (χ2v) is 5.08. The molecule has 7 nitrogen and oxygen atoms in total. The number of unbranched alkanes of at least 4 members (excludes halogenated alkanes) is 1. The Kier molecular flexibility index (Phi) is 4.36. The zero-order valence-corrected chi connectivity index (χ0v) is 12.2. The summed E-state index contributed by atoms with van der Waals surface area (Å²) in [7, 11) is 0. The number of nitrogens with zero attached hydrogens (tertiary/aromatic N) is 4. The Morgan fingerprint density at radius 3 is 2.90 bits per heavy atom. The number of rotatable bonds is 5. The van der Waals surface area contributed by atoms with E-state index in [1.165, 1.54) is 4.68 Å². The number of fused-ring (bicyclic) bond motifs is 1. The first kappa shape index (κ1) is 14.5. The summed E-state index contributed by atoms with van der Waals surface area (Å²) >= 11 is 0. The molecule has 2 rings (SSSR count). The zero-order chi connectivity index (χ0) is 14.7. The lowest BCUT2D eigenvalue weighted by atomic mass is 10.2. The summed E-state index contributed by atoms with van der Waals surface area (Å²) < 4.78 is 1.52. The van der Waals surface area contributed by atoms with Crippen molar-refractivity contribution >= 4 is 11.8 Å². The molecule has 1 atom stereocenters. The van der Waals surface area contributed by atoms with E-state index in [1.807, 2.05) is 13.8 Å². The molecule has 20 heavy (non-hydrogen) atoms. The van der Waals surface area contributed by atoms with E-state index >= 15 is 0 Å². The first-order valence-electron chi connectivity index (χ1n) is 7.12. The Balaban J connectivity index is 2.25. The Morgan fingerprint density at radius 1 is 1.50 bits per heavy atom. The average Bonchev–Trinajstić information content (AvgIpc) is 2.83. The predicted octanol–water partition coefficient (Wildman–Crippen LogP) is 0.672. The third kappa shape index (κ3) is 2.66. The highest BCUT2D eigenvalue weighted by Crippen LogP contribution is 2.14.